The molecule has 0 bridgehead atoms. The highest BCUT2D eigenvalue weighted by atomic mass is 79.9. The van der Waals surface area contributed by atoms with E-state index in [2.05, 4.69) is 82.1 Å². The molecule has 0 heterocycles. The topological polar surface area (TPSA) is 17.1 Å². The summed E-state index contributed by atoms with van der Waals surface area (Å²) in [5, 5.41) is 0. The predicted molar refractivity (Wildman–Crippen MR) is 140 cm³/mol. The van der Waals surface area contributed by atoms with Gasteiger partial charge >= 0.3 is 0 Å². The summed E-state index contributed by atoms with van der Waals surface area (Å²) in [5.74, 6) is 0.0446. The molecule has 4 aromatic carbocycles. The Hall–Kier alpha value is -2.49. The average molecular weight is 548 g/mol. The Morgan fingerprint density at radius 1 is 0.562 bits per heavy atom. The zero-order valence-corrected chi connectivity index (χ0v) is 21.2. The van der Waals surface area contributed by atoms with Crippen LogP contribution in [-0.2, 0) is 0 Å². The van der Waals surface area contributed by atoms with Crippen molar-refractivity contribution in [1.82, 2.24) is 0 Å². The van der Waals surface area contributed by atoms with E-state index in [-0.39, 0.29) is 15.4 Å². The van der Waals surface area contributed by atoms with Gasteiger partial charge in [-0.2, -0.15) is 0 Å². The zero-order chi connectivity index (χ0) is 22.7. The second kappa shape index (κ2) is 9.97. The SMILES string of the molecule is Cc1cccc(C(=O)c2cccc(C)c2C(Br)c2ccccc2)c1C(Br)c1ccccc1. The monoisotopic (exact) mass is 546 g/mol. The summed E-state index contributed by atoms with van der Waals surface area (Å²) in [4.78, 5) is 13.9. The summed E-state index contributed by atoms with van der Waals surface area (Å²) < 4.78 is 0. The van der Waals surface area contributed by atoms with Gasteiger partial charge in [-0.05, 0) is 47.2 Å². The van der Waals surface area contributed by atoms with Crippen LogP contribution < -0.4 is 0 Å². The minimum atomic E-state index is -0.0639. The lowest BCUT2D eigenvalue weighted by Gasteiger charge is -2.21. The second-order valence-corrected chi connectivity index (χ2v) is 9.78. The van der Waals surface area contributed by atoms with Crippen molar-refractivity contribution in [2.45, 2.75) is 23.5 Å². The summed E-state index contributed by atoms with van der Waals surface area (Å²) >= 11 is 7.75. The molecule has 160 valence electrons. The Morgan fingerprint density at radius 2 is 0.938 bits per heavy atom. The highest BCUT2D eigenvalue weighted by Gasteiger charge is 2.26. The van der Waals surface area contributed by atoms with Gasteiger partial charge in [0.2, 0.25) is 0 Å². The van der Waals surface area contributed by atoms with E-state index >= 15 is 0 Å². The van der Waals surface area contributed by atoms with Crippen molar-refractivity contribution in [1.29, 1.82) is 0 Å². The third-order valence-electron chi connectivity index (χ3n) is 5.83. The number of carbonyl (C=O) groups is 1. The van der Waals surface area contributed by atoms with Crippen LogP contribution in [-0.4, -0.2) is 5.78 Å². The summed E-state index contributed by atoms with van der Waals surface area (Å²) in [7, 11) is 0. The van der Waals surface area contributed by atoms with Crippen molar-refractivity contribution in [2.75, 3.05) is 0 Å². The minimum absolute atomic E-state index is 0.0446. The zero-order valence-electron chi connectivity index (χ0n) is 18.1. The summed E-state index contributed by atoms with van der Waals surface area (Å²) in [6.07, 6.45) is 0. The molecular weight excluding hydrogens is 524 g/mol. The summed E-state index contributed by atoms with van der Waals surface area (Å²) in [6, 6.07) is 32.4. The molecule has 0 aliphatic carbocycles. The first-order chi connectivity index (χ1) is 15.5. The molecule has 2 unspecified atom stereocenters. The Morgan fingerprint density at radius 3 is 1.31 bits per heavy atom. The lowest BCUT2D eigenvalue weighted by atomic mass is 9.87. The first kappa shape index (κ1) is 22.7. The van der Waals surface area contributed by atoms with Gasteiger partial charge in [-0.15, -0.1) is 0 Å². The van der Waals surface area contributed by atoms with E-state index in [0.717, 1.165) is 44.5 Å². The molecule has 0 aromatic heterocycles. The Labute approximate surface area is 206 Å². The predicted octanol–water partition coefficient (Wildman–Crippen LogP) is 8.50. The van der Waals surface area contributed by atoms with Crippen molar-refractivity contribution in [3.05, 3.63) is 142 Å². The van der Waals surface area contributed by atoms with Crippen LogP contribution in [0.2, 0.25) is 0 Å². The molecule has 0 saturated carbocycles. The van der Waals surface area contributed by atoms with Crippen molar-refractivity contribution in [3.63, 3.8) is 0 Å². The molecule has 0 spiro atoms. The average Bonchev–Trinajstić information content (AvgIpc) is 2.83. The number of ketones is 1. The fourth-order valence-corrected chi connectivity index (χ4v) is 5.98. The number of carbonyl (C=O) groups excluding carboxylic acids is 1. The third-order valence-corrected chi connectivity index (χ3v) is 7.80. The number of benzene rings is 4. The van der Waals surface area contributed by atoms with Gasteiger partial charge in [-0.3, -0.25) is 4.79 Å². The van der Waals surface area contributed by atoms with Crippen LogP contribution in [0.1, 0.15) is 59.0 Å². The molecule has 0 saturated heterocycles. The maximum atomic E-state index is 14.0. The van der Waals surface area contributed by atoms with E-state index in [9.17, 15) is 4.79 Å². The maximum absolute atomic E-state index is 14.0. The van der Waals surface area contributed by atoms with Crippen LogP contribution in [0.4, 0.5) is 0 Å². The van der Waals surface area contributed by atoms with Crippen LogP contribution in [0.3, 0.4) is 0 Å². The first-order valence-corrected chi connectivity index (χ1v) is 12.4. The molecule has 32 heavy (non-hydrogen) atoms. The lowest BCUT2D eigenvalue weighted by Crippen LogP contribution is -2.13. The van der Waals surface area contributed by atoms with Gasteiger partial charge in [-0.1, -0.05) is 129 Å². The van der Waals surface area contributed by atoms with E-state index in [1.165, 1.54) is 0 Å². The van der Waals surface area contributed by atoms with E-state index in [1.54, 1.807) is 0 Å². The van der Waals surface area contributed by atoms with Gasteiger partial charge < -0.3 is 0 Å². The number of alkyl halides is 2. The van der Waals surface area contributed by atoms with Crippen LogP contribution in [0.15, 0.2) is 97.1 Å². The van der Waals surface area contributed by atoms with Gasteiger partial charge in [0.25, 0.3) is 0 Å². The standard InChI is InChI=1S/C29H24Br2O/c1-19-11-9-17-23(25(19)27(30)21-13-5-3-6-14-21)29(32)24-18-10-12-20(2)26(24)28(31)22-15-7-4-8-16-22/h3-18,27-28H,1-2H3. The molecule has 1 nitrogen and oxygen atoms in total. The van der Waals surface area contributed by atoms with Gasteiger partial charge in [-0.25, -0.2) is 0 Å². The fourth-order valence-electron chi connectivity index (χ4n) is 4.15. The molecule has 0 amide bonds. The molecule has 0 N–H and O–H groups in total. The molecule has 3 heteroatoms. The fraction of sp³-hybridized carbons (Fsp3) is 0.138. The quantitative estimate of drug-likeness (QED) is 0.175. The second-order valence-electron chi connectivity index (χ2n) is 7.95. The Kier molecular flexibility index (Phi) is 7.07. The van der Waals surface area contributed by atoms with Gasteiger partial charge in [0.05, 0.1) is 9.65 Å². The molecule has 4 rings (SSSR count). The van der Waals surface area contributed by atoms with E-state index in [1.807, 2.05) is 60.7 Å². The van der Waals surface area contributed by atoms with Crippen molar-refractivity contribution in [2.24, 2.45) is 0 Å². The van der Waals surface area contributed by atoms with Crippen LogP contribution in [0.25, 0.3) is 0 Å². The van der Waals surface area contributed by atoms with Crippen molar-refractivity contribution in [3.8, 4) is 0 Å². The molecule has 4 aromatic rings. The van der Waals surface area contributed by atoms with Crippen molar-refractivity contribution >= 4 is 37.6 Å². The number of aryl methyl sites for hydroxylation is 2. The smallest absolute Gasteiger partial charge is 0.193 e. The number of hydrogen-bond acceptors (Lipinski definition) is 1. The van der Waals surface area contributed by atoms with E-state index < -0.39 is 0 Å². The van der Waals surface area contributed by atoms with E-state index in [4.69, 9.17) is 0 Å². The molecule has 0 aliphatic rings. The molecular formula is C29H24Br2O. The van der Waals surface area contributed by atoms with Crippen LogP contribution in [0, 0.1) is 13.8 Å². The normalized spacial score (nSPS) is 12.9. The molecule has 0 fully saturated rings. The number of halogens is 2. The lowest BCUT2D eigenvalue weighted by molar-refractivity contribution is 0.103. The Balaban J connectivity index is 1.84. The van der Waals surface area contributed by atoms with Crippen molar-refractivity contribution < 1.29 is 4.79 Å². The van der Waals surface area contributed by atoms with Crippen LogP contribution >= 0.6 is 31.9 Å². The molecule has 0 aliphatic heterocycles. The third kappa shape index (κ3) is 4.51. The van der Waals surface area contributed by atoms with Crippen LogP contribution in [0.5, 0.6) is 0 Å². The minimum Gasteiger partial charge on any atom is -0.289 e. The van der Waals surface area contributed by atoms with Gasteiger partial charge in [0.15, 0.2) is 5.78 Å². The molecule has 2 atom stereocenters. The summed E-state index contributed by atoms with van der Waals surface area (Å²) in [6.45, 7) is 4.13. The largest absolute Gasteiger partial charge is 0.289 e. The number of hydrogen-bond donors (Lipinski definition) is 0. The number of rotatable bonds is 6. The molecule has 0 radical (unpaired) electrons. The highest BCUT2D eigenvalue weighted by Crippen LogP contribution is 2.39. The van der Waals surface area contributed by atoms with E-state index in [0.29, 0.717) is 0 Å². The summed E-state index contributed by atoms with van der Waals surface area (Å²) in [5.41, 5.74) is 7.93. The maximum Gasteiger partial charge on any atom is 0.193 e. The first-order valence-electron chi connectivity index (χ1n) is 10.6. The van der Waals surface area contributed by atoms with Gasteiger partial charge in [0, 0.05) is 11.1 Å². The van der Waals surface area contributed by atoms with Gasteiger partial charge in [0.1, 0.15) is 0 Å². The Bertz CT molecular complexity index is 1140. The highest BCUT2D eigenvalue weighted by molar-refractivity contribution is 9.09.